The Hall–Kier alpha value is -1.77. The fraction of sp³-hybridized carbons (Fsp3) is 0.357. The summed E-state index contributed by atoms with van der Waals surface area (Å²) < 4.78 is 0. The number of carbonyl (C=O) groups is 1. The van der Waals surface area contributed by atoms with Crippen LogP contribution in [0.5, 0.6) is 0 Å². The van der Waals surface area contributed by atoms with Gasteiger partial charge >= 0.3 is 0 Å². The normalized spacial score (nSPS) is 19.4. The molecule has 0 aromatic heterocycles. The van der Waals surface area contributed by atoms with E-state index in [1.54, 1.807) is 6.08 Å². The number of azo groups is 1. The predicted octanol–water partition coefficient (Wildman–Crippen LogP) is 4.04. The van der Waals surface area contributed by atoms with Crippen LogP contribution in [0.1, 0.15) is 26.7 Å². The molecule has 17 heavy (non-hydrogen) atoms. The van der Waals surface area contributed by atoms with Crippen LogP contribution in [0.3, 0.4) is 0 Å². The van der Waals surface area contributed by atoms with Gasteiger partial charge in [0.15, 0.2) is 5.78 Å². The lowest BCUT2D eigenvalue weighted by Gasteiger charge is -2.26. The van der Waals surface area contributed by atoms with Gasteiger partial charge in [0, 0.05) is 12.5 Å². The zero-order chi connectivity index (χ0) is 12.3. The van der Waals surface area contributed by atoms with Gasteiger partial charge in [0.05, 0.1) is 11.4 Å². The summed E-state index contributed by atoms with van der Waals surface area (Å²) >= 11 is 0. The van der Waals surface area contributed by atoms with Crippen molar-refractivity contribution in [2.75, 3.05) is 0 Å². The van der Waals surface area contributed by atoms with E-state index < -0.39 is 0 Å². The Kier molecular flexibility index (Phi) is 3.18. The number of hydrogen-bond acceptors (Lipinski definition) is 3. The highest BCUT2D eigenvalue weighted by molar-refractivity contribution is 5.91. The quantitative estimate of drug-likeness (QED) is 0.704. The topological polar surface area (TPSA) is 41.8 Å². The average Bonchev–Trinajstić information content (AvgIpc) is 2.25. The minimum Gasteiger partial charge on any atom is -0.295 e. The number of rotatable bonds is 2. The van der Waals surface area contributed by atoms with Gasteiger partial charge in [-0.05, 0) is 24.0 Å². The fourth-order valence-electron chi connectivity index (χ4n) is 1.99. The molecular weight excluding hydrogens is 212 g/mol. The Labute approximate surface area is 101 Å². The highest BCUT2D eigenvalue weighted by Gasteiger charge is 2.27. The first-order valence-electron chi connectivity index (χ1n) is 5.75. The first-order chi connectivity index (χ1) is 8.05. The number of benzene rings is 1. The van der Waals surface area contributed by atoms with Crippen molar-refractivity contribution in [1.29, 1.82) is 0 Å². The van der Waals surface area contributed by atoms with Crippen molar-refractivity contribution in [2.24, 2.45) is 15.6 Å². The maximum absolute atomic E-state index is 11.5. The van der Waals surface area contributed by atoms with Gasteiger partial charge in [-0.3, -0.25) is 4.79 Å². The highest BCUT2D eigenvalue weighted by Crippen LogP contribution is 2.34. The van der Waals surface area contributed by atoms with Gasteiger partial charge in [-0.2, -0.15) is 10.2 Å². The number of nitrogens with zero attached hydrogens (tertiary/aromatic N) is 2. The molecule has 1 aromatic rings. The van der Waals surface area contributed by atoms with Crippen molar-refractivity contribution in [3.63, 3.8) is 0 Å². The summed E-state index contributed by atoms with van der Waals surface area (Å²) in [4.78, 5) is 11.5. The maximum Gasteiger partial charge on any atom is 0.158 e. The summed E-state index contributed by atoms with van der Waals surface area (Å²) in [5.41, 5.74) is 1.58. The van der Waals surface area contributed by atoms with Gasteiger partial charge in [0.25, 0.3) is 0 Å². The summed E-state index contributed by atoms with van der Waals surface area (Å²) in [5.74, 6) is 0.142. The number of carbonyl (C=O) groups excluding carboxylic acids is 1. The van der Waals surface area contributed by atoms with E-state index in [0.29, 0.717) is 6.42 Å². The molecule has 1 aliphatic carbocycles. The molecule has 0 heterocycles. The Balaban J connectivity index is 2.14. The standard InChI is InChI=1S/C14H16N2O/c1-14(2)9-12(8-13(17)10-14)16-15-11-6-4-3-5-7-11/h3-8H,9-10H2,1-2H3. The first-order valence-corrected chi connectivity index (χ1v) is 5.75. The molecule has 0 amide bonds. The zero-order valence-electron chi connectivity index (χ0n) is 10.2. The van der Waals surface area contributed by atoms with Crippen LogP contribution in [0.15, 0.2) is 52.3 Å². The molecule has 0 bridgehead atoms. The molecule has 88 valence electrons. The van der Waals surface area contributed by atoms with Crippen molar-refractivity contribution in [3.8, 4) is 0 Å². The van der Waals surface area contributed by atoms with Crippen LogP contribution in [0.2, 0.25) is 0 Å². The van der Waals surface area contributed by atoms with Gasteiger partial charge in [0.2, 0.25) is 0 Å². The molecule has 0 aliphatic heterocycles. The Morgan fingerprint density at radius 1 is 1.06 bits per heavy atom. The lowest BCUT2D eigenvalue weighted by atomic mass is 9.79. The van der Waals surface area contributed by atoms with Crippen LogP contribution in [0.25, 0.3) is 0 Å². The summed E-state index contributed by atoms with van der Waals surface area (Å²) in [6.07, 6.45) is 3.00. The smallest absolute Gasteiger partial charge is 0.158 e. The van der Waals surface area contributed by atoms with Crippen molar-refractivity contribution in [1.82, 2.24) is 0 Å². The maximum atomic E-state index is 11.5. The zero-order valence-corrected chi connectivity index (χ0v) is 10.2. The van der Waals surface area contributed by atoms with E-state index in [0.717, 1.165) is 17.8 Å². The molecule has 0 radical (unpaired) electrons. The summed E-state index contributed by atoms with van der Waals surface area (Å²) in [5, 5.41) is 8.30. The molecule has 0 N–H and O–H groups in total. The van der Waals surface area contributed by atoms with Crippen LogP contribution in [-0.2, 0) is 4.79 Å². The lowest BCUT2D eigenvalue weighted by molar-refractivity contribution is -0.117. The van der Waals surface area contributed by atoms with E-state index in [-0.39, 0.29) is 11.2 Å². The molecule has 2 rings (SSSR count). The predicted molar refractivity (Wildman–Crippen MR) is 67.1 cm³/mol. The van der Waals surface area contributed by atoms with Crippen LogP contribution < -0.4 is 0 Å². The molecule has 0 fully saturated rings. The average molecular weight is 228 g/mol. The minimum atomic E-state index is -0.00310. The van der Waals surface area contributed by atoms with Crippen LogP contribution >= 0.6 is 0 Å². The Bertz CT molecular complexity index is 472. The van der Waals surface area contributed by atoms with Crippen LogP contribution in [0.4, 0.5) is 5.69 Å². The van der Waals surface area contributed by atoms with E-state index in [1.807, 2.05) is 30.3 Å². The van der Waals surface area contributed by atoms with Crippen molar-refractivity contribution < 1.29 is 4.79 Å². The first kappa shape index (κ1) is 11.7. The third kappa shape index (κ3) is 3.34. The molecule has 3 nitrogen and oxygen atoms in total. The molecule has 1 aliphatic rings. The second kappa shape index (κ2) is 4.62. The van der Waals surface area contributed by atoms with E-state index in [2.05, 4.69) is 24.1 Å². The summed E-state index contributed by atoms with van der Waals surface area (Å²) in [6.45, 7) is 4.16. The SMILES string of the molecule is CC1(C)CC(=O)C=C(N=Nc2ccccc2)C1. The van der Waals surface area contributed by atoms with Gasteiger partial charge in [-0.15, -0.1) is 0 Å². The molecule has 0 atom stereocenters. The third-order valence-electron chi connectivity index (χ3n) is 2.69. The molecule has 0 saturated carbocycles. The molecule has 0 saturated heterocycles. The Morgan fingerprint density at radius 3 is 2.41 bits per heavy atom. The second-order valence-corrected chi connectivity index (χ2v) is 5.16. The molecule has 1 aromatic carbocycles. The highest BCUT2D eigenvalue weighted by atomic mass is 16.1. The van der Waals surface area contributed by atoms with E-state index in [1.165, 1.54) is 0 Å². The molecule has 0 spiro atoms. The van der Waals surface area contributed by atoms with E-state index >= 15 is 0 Å². The van der Waals surface area contributed by atoms with Crippen molar-refractivity contribution >= 4 is 11.5 Å². The van der Waals surface area contributed by atoms with Gasteiger partial charge in [-0.25, -0.2) is 0 Å². The van der Waals surface area contributed by atoms with E-state index in [9.17, 15) is 4.79 Å². The number of ketones is 1. The minimum absolute atomic E-state index is 0.00310. The molecule has 0 unspecified atom stereocenters. The van der Waals surface area contributed by atoms with Gasteiger partial charge < -0.3 is 0 Å². The number of allylic oxidation sites excluding steroid dienone is 2. The third-order valence-corrected chi connectivity index (χ3v) is 2.69. The van der Waals surface area contributed by atoms with Gasteiger partial charge in [-0.1, -0.05) is 32.0 Å². The fourth-order valence-corrected chi connectivity index (χ4v) is 1.99. The largest absolute Gasteiger partial charge is 0.295 e. The monoisotopic (exact) mass is 228 g/mol. The second-order valence-electron chi connectivity index (χ2n) is 5.16. The summed E-state index contributed by atoms with van der Waals surface area (Å²) in [6, 6.07) is 9.54. The lowest BCUT2D eigenvalue weighted by Crippen LogP contribution is -2.21. The summed E-state index contributed by atoms with van der Waals surface area (Å²) in [7, 11) is 0. The molecule has 3 heteroatoms. The van der Waals surface area contributed by atoms with E-state index in [4.69, 9.17) is 0 Å². The van der Waals surface area contributed by atoms with Crippen molar-refractivity contribution in [3.05, 3.63) is 42.1 Å². The van der Waals surface area contributed by atoms with Crippen LogP contribution in [-0.4, -0.2) is 5.78 Å². The van der Waals surface area contributed by atoms with Gasteiger partial charge in [0.1, 0.15) is 0 Å². The van der Waals surface area contributed by atoms with Crippen molar-refractivity contribution in [2.45, 2.75) is 26.7 Å². The number of hydrogen-bond donors (Lipinski definition) is 0. The molecular formula is C14H16N2O. The van der Waals surface area contributed by atoms with Crippen LogP contribution in [0, 0.1) is 5.41 Å². The Morgan fingerprint density at radius 2 is 1.76 bits per heavy atom.